The van der Waals surface area contributed by atoms with E-state index in [9.17, 15) is 4.79 Å². The Bertz CT molecular complexity index is 766. The number of rotatable bonds is 6. The minimum Gasteiger partial charge on any atom is -0.355 e. The quantitative estimate of drug-likeness (QED) is 0.764. The number of hydrogen-bond acceptors (Lipinski definition) is 5. The Kier molecular flexibility index (Phi) is 6.47. The highest BCUT2D eigenvalue weighted by Gasteiger charge is 2.17. The van der Waals surface area contributed by atoms with Gasteiger partial charge >= 0.3 is 0 Å². The molecule has 2 heterocycles. The average Bonchev–Trinajstić information content (AvgIpc) is 3.27. The van der Waals surface area contributed by atoms with Crippen LogP contribution in [0.15, 0.2) is 36.4 Å². The largest absolute Gasteiger partial charge is 0.355 e. The summed E-state index contributed by atoms with van der Waals surface area (Å²) in [5.74, 6) is 1.58. The van der Waals surface area contributed by atoms with E-state index in [-0.39, 0.29) is 5.91 Å². The van der Waals surface area contributed by atoms with Crippen molar-refractivity contribution in [1.82, 2.24) is 10.2 Å². The maximum absolute atomic E-state index is 12.2. The summed E-state index contributed by atoms with van der Waals surface area (Å²) in [6, 6.07) is 11.9. The first kappa shape index (κ1) is 19.2. The lowest BCUT2D eigenvalue weighted by molar-refractivity contribution is -0.113. The predicted molar refractivity (Wildman–Crippen MR) is 117 cm³/mol. The zero-order chi connectivity index (χ0) is 19.2. The van der Waals surface area contributed by atoms with Gasteiger partial charge in [-0.05, 0) is 56.4 Å². The summed E-state index contributed by atoms with van der Waals surface area (Å²) in [4.78, 5) is 14.5. The predicted octanol–water partition coefficient (Wildman–Crippen LogP) is 4.75. The number of piperidine rings is 1. The number of amides is 1. The van der Waals surface area contributed by atoms with Crippen LogP contribution in [-0.4, -0.2) is 40.2 Å². The van der Waals surface area contributed by atoms with Crippen molar-refractivity contribution >= 4 is 29.2 Å². The molecule has 28 heavy (non-hydrogen) atoms. The van der Waals surface area contributed by atoms with Crippen LogP contribution in [0.25, 0.3) is 11.3 Å². The number of benzene rings is 1. The van der Waals surface area contributed by atoms with E-state index >= 15 is 0 Å². The van der Waals surface area contributed by atoms with Crippen molar-refractivity contribution in [2.45, 2.75) is 50.2 Å². The summed E-state index contributed by atoms with van der Waals surface area (Å²) in [5.41, 5.74) is 2.70. The van der Waals surface area contributed by atoms with Crippen LogP contribution in [0.1, 0.15) is 44.9 Å². The average molecular weight is 397 g/mol. The molecule has 2 aliphatic rings. The van der Waals surface area contributed by atoms with Crippen LogP contribution >= 0.6 is 11.8 Å². The molecule has 5 nitrogen and oxygen atoms in total. The lowest BCUT2D eigenvalue weighted by atomic mass is 10.1. The standard InChI is InChI=1S/C22H28N4OS/c27-22(16-28-19-6-2-3-7-19)23-18-10-8-17(9-11-18)20-12-13-21(25-24-20)26-14-4-1-5-15-26/h8-13,19H,1-7,14-16H2,(H,23,27). The Morgan fingerprint density at radius 2 is 1.71 bits per heavy atom. The van der Waals surface area contributed by atoms with Gasteiger partial charge in [0.25, 0.3) is 0 Å². The molecule has 0 spiro atoms. The fourth-order valence-corrected chi connectivity index (χ4v) is 5.07. The number of hydrogen-bond donors (Lipinski definition) is 1. The third-order valence-electron chi connectivity index (χ3n) is 5.55. The number of anilines is 2. The number of carbonyl (C=O) groups excluding carboxylic acids is 1. The Labute approximate surface area is 171 Å². The molecule has 2 aromatic rings. The first-order valence-electron chi connectivity index (χ1n) is 10.4. The summed E-state index contributed by atoms with van der Waals surface area (Å²) in [5, 5.41) is 12.5. The highest BCUT2D eigenvalue weighted by Crippen LogP contribution is 2.29. The molecule has 1 aromatic carbocycles. The summed E-state index contributed by atoms with van der Waals surface area (Å²) in [7, 11) is 0. The molecule has 148 valence electrons. The Morgan fingerprint density at radius 3 is 2.39 bits per heavy atom. The molecule has 1 aliphatic carbocycles. The second kappa shape index (κ2) is 9.41. The van der Waals surface area contributed by atoms with Crippen molar-refractivity contribution in [2.75, 3.05) is 29.1 Å². The van der Waals surface area contributed by atoms with Crippen molar-refractivity contribution in [2.24, 2.45) is 0 Å². The van der Waals surface area contributed by atoms with Crippen LogP contribution in [0, 0.1) is 0 Å². The van der Waals surface area contributed by atoms with Crippen LogP contribution in [0.3, 0.4) is 0 Å². The van der Waals surface area contributed by atoms with Gasteiger partial charge in [0, 0.05) is 29.6 Å². The molecule has 1 saturated carbocycles. The van der Waals surface area contributed by atoms with E-state index in [0.29, 0.717) is 11.0 Å². The number of carbonyl (C=O) groups is 1. The summed E-state index contributed by atoms with van der Waals surface area (Å²) < 4.78 is 0. The minimum atomic E-state index is 0.0790. The lowest BCUT2D eigenvalue weighted by Crippen LogP contribution is -2.30. The van der Waals surface area contributed by atoms with Gasteiger partial charge in [-0.2, -0.15) is 0 Å². The molecule has 0 bridgehead atoms. The van der Waals surface area contributed by atoms with Gasteiger partial charge in [0.2, 0.25) is 5.91 Å². The Hall–Kier alpha value is -2.08. The molecular formula is C22H28N4OS. The smallest absolute Gasteiger partial charge is 0.234 e. The van der Waals surface area contributed by atoms with E-state index in [1.54, 1.807) is 11.8 Å². The summed E-state index contributed by atoms with van der Waals surface area (Å²) >= 11 is 1.79. The van der Waals surface area contributed by atoms with E-state index in [0.717, 1.165) is 35.9 Å². The maximum Gasteiger partial charge on any atom is 0.234 e. The fourth-order valence-electron chi connectivity index (χ4n) is 3.94. The van der Waals surface area contributed by atoms with Gasteiger partial charge in [0.05, 0.1) is 11.4 Å². The van der Waals surface area contributed by atoms with Gasteiger partial charge in [-0.1, -0.05) is 25.0 Å². The molecule has 1 aliphatic heterocycles. The number of nitrogens with zero attached hydrogens (tertiary/aromatic N) is 3. The molecule has 0 atom stereocenters. The Morgan fingerprint density at radius 1 is 0.964 bits per heavy atom. The van der Waals surface area contributed by atoms with Gasteiger partial charge in [-0.3, -0.25) is 4.79 Å². The van der Waals surface area contributed by atoms with Crippen LogP contribution in [-0.2, 0) is 4.79 Å². The molecule has 0 unspecified atom stereocenters. The van der Waals surface area contributed by atoms with Crippen LogP contribution in [0.5, 0.6) is 0 Å². The third kappa shape index (κ3) is 5.04. The second-order valence-corrected chi connectivity index (χ2v) is 8.96. The molecule has 4 rings (SSSR count). The summed E-state index contributed by atoms with van der Waals surface area (Å²) in [6.45, 7) is 2.14. The van der Waals surface area contributed by atoms with Crippen molar-refractivity contribution in [3.8, 4) is 11.3 Å². The van der Waals surface area contributed by atoms with Gasteiger partial charge in [-0.25, -0.2) is 0 Å². The summed E-state index contributed by atoms with van der Waals surface area (Å²) in [6.07, 6.45) is 8.90. The molecule has 1 aromatic heterocycles. The SMILES string of the molecule is O=C(CSC1CCCC1)Nc1ccc(-c2ccc(N3CCCCC3)nn2)cc1. The van der Waals surface area contributed by atoms with Crippen molar-refractivity contribution in [1.29, 1.82) is 0 Å². The topological polar surface area (TPSA) is 58.1 Å². The van der Waals surface area contributed by atoms with E-state index < -0.39 is 0 Å². The number of thioether (sulfide) groups is 1. The molecule has 1 saturated heterocycles. The zero-order valence-corrected chi connectivity index (χ0v) is 17.1. The van der Waals surface area contributed by atoms with Gasteiger partial charge in [-0.15, -0.1) is 22.0 Å². The van der Waals surface area contributed by atoms with Gasteiger partial charge < -0.3 is 10.2 Å². The molecule has 0 radical (unpaired) electrons. The molecule has 6 heteroatoms. The van der Waals surface area contributed by atoms with Gasteiger partial charge in [0.15, 0.2) is 5.82 Å². The van der Waals surface area contributed by atoms with Crippen molar-refractivity contribution in [3.05, 3.63) is 36.4 Å². The highest BCUT2D eigenvalue weighted by atomic mass is 32.2. The first-order valence-corrected chi connectivity index (χ1v) is 11.4. The van der Waals surface area contributed by atoms with Gasteiger partial charge in [0.1, 0.15) is 0 Å². The van der Waals surface area contributed by atoms with E-state index in [4.69, 9.17) is 0 Å². The second-order valence-electron chi connectivity index (χ2n) is 7.67. The fraction of sp³-hybridized carbons (Fsp3) is 0.500. The van der Waals surface area contributed by atoms with Crippen molar-refractivity contribution < 1.29 is 4.79 Å². The maximum atomic E-state index is 12.2. The Balaban J connectivity index is 1.31. The highest BCUT2D eigenvalue weighted by molar-refractivity contribution is 8.00. The monoisotopic (exact) mass is 396 g/mol. The first-order chi connectivity index (χ1) is 13.8. The molecule has 1 amide bonds. The minimum absolute atomic E-state index is 0.0790. The molecular weight excluding hydrogens is 368 g/mol. The number of nitrogens with one attached hydrogen (secondary N) is 1. The zero-order valence-electron chi connectivity index (χ0n) is 16.3. The van der Waals surface area contributed by atoms with E-state index in [1.165, 1.54) is 44.9 Å². The number of aromatic nitrogens is 2. The third-order valence-corrected chi connectivity index (χ3v) is 6.92. The molecule has 2 fully saturated rings. The van der Waals surface area contributed by atoms with Crippen molar-refractivity contribution in [3.63, 3.8) is 0 Å². The van der Waals surface area contributed by atoms with Crippen LogP contribution < -0.4 is 10.2 Å². The van der Waals surface area contributed by atoms with E-state index in [2.05, 4.69) is 26.5 Å². The lowest BCUT2D eigenvalue weighted by Gasteiger charge is -2.27. The van der Waals surface area contributed by atoms with E-state index in [1.807, 2.05) is 30.3 Å². The normalized spacial score (nSPS) is 17.6. The molecule has 1 N–H and O–H groups in total. The van der Waals surface area contributed by atoms with Crippen LogP contribution in [0.2, 0.25) is 0 Å². The van der Waals surface area contributed by atoms with Crippen LogP contribution in [0.4, 0.5) is 11.5 Å².